The fourth-order valence-electron chi connectivity index (χ4n) is 4.34. The Morgan fingerprint density at radius 1 is 1.31 bits per heavy atom. The molecule has 1 fully saturated rings. The number of fused-ring (bicyclic) bond motifs is 1. The number of rotatable bonds is 5. The van der Waals surface area contributed by atoms with Crippen LogP contribution in [0.4, 0.5) is 5.69 Å². The van der Waals surface area contributed by atoms with Crippen molar-refractivity contribution in [3.05, 3.63) is 54.4 Å². The molecule has 1 amide bonds. The van der Waals surface area contributed by atoms with E-state index in [-0.39, 0.29) is 11.9 Å². The molecule has 1 N–H and O–H groups in total. The van der Waals surface area contributed by atoms with Gasteiger partial charge in [-0.15, -0.1) is 0 Å². The molecule has 4 rings (SSSR count). The Labute approximate surface area is 171 Å². The number of ether oxygens (including phenoxy) is 1. The number of methoxy groups -OCH3 is 1. The number of carbonyl (C=O) groups is 1. The minimum Gasteiger partial charge on any atom is -0.496 e. The summed E-state index contributed by atoms with van der Waals surface area (Å²) in [5, 5.41) is 1.11. The van der Waals surface area contributed by atoms with Gasteiger partial charge in [0.2, 0.25) is 5.91 Å². The van der Waals surface area contributed by atoms with Gasteiger partial charge in [-0.25, -0.2) is 4.98 Å². The maximum absolute atomic E-state index is 13.1. The van der Waals surface area contributed by atoms with Gasteiger partial charge in [0.25, 0.3) is 0 Å². The van der Waals surface area contributed by atoms with E-state index in [1.165, 1.54) is 0 Å². The average molecular weight is 393 g/mol. The van der Waals surface area contributed by atoms with Crippen LogP contribution in [0.2, 0.25) is 0 Å². The molecule has 152 valence electrons. The Hall–Kier alpha value is -3.02. The maximum Gasteiger partial charge on any atom is 0.227 e. The van der Waals surface area contributed by atoms with Crippen LogP contribution in [0.5, 0.6) is 5.75 Å². The molecular weight excluding hydrogens is 364 g/mol. The second kappa shape index (κ2) is 8.15. The largest absolute Gasteiger partial charge is 0.496 e. The molecule has 1 aromatic carbocycles. The predicted octanol–water partition coefficient (Wildman–Crippen LogP) is 3.49. The van der Waals surface area contributed by atoms with Gasteiger partial charge in [-0.05, 0) is 30.5 Å². The zero-order valence-corrected chi connectivity index (χ0v) is 17.3. The quantitative estimate of drug-likeness (QED) is 0.722. The fourth-order valence-corrected chi connectivity index (χ4v) is 4.34. The third kappa shape index (κ3) is 3.79. The molecule has 1 unspecified atom stereocenters. The smallest absolute Gasteiger partial charge is 0.227 e. The first-order valence-corrected chi connectivity index (χ1v) is 10.1. The molecule has 6 heteroatoms. The molecule has 0 radical (unpaired) electrons. The average Bonchev–Trinajstić information content (AvgIpc) is 3.23. The van der Waals surface area contributed by atoms with Crippen LogP contribution in [-0.4, -0.2) is 54.1 Å². The number of aromatic amines is 1. The van der Waals surface area contributed by atoms with Crippen LogP contribution in [0.1, 0.15) is 18.9 Å². The summed E-state index contributed by atoms with van der Waals surface area (Å²) in [6, 6.07) is 12.1. The number of aromatic nitrogens is 2. The molecule has 1 saturated heterocycles. The van der Waals surface area contributed by atoms with E-state index < -0.39 is 0 Å². The highest BCUT2D eigenvalue weighted by atomic mass is 16.5. The van der Waals surface area contributed by atoms with Crippen molar-refractivity contribution in [1.82, 2.24) is 14.9 Å². The van der Waals surface area contributed by atoms with Gasteiger partial charge in [-0.2, -0.15) is 0 Å². The first-order chi connectivity index (χ1) is 14.1. The number of H-pyrrole nitrogens is 1. The van der Waals surface area contributed by atoms with Crippen molar-refractivity contribution in [3.63, 3.8) is 0 Å². The first-order valence-electron chi connectivity index (χ1n) is 10.1. The highest BCUT2D eigenvalue weighted by Crippen LogP contribution is 2.30. The molecule has 0 spiro atoms. The molecule has 0 saturated carbocycles. The summed E-state index contributed by atoms with van der Waals surface area (Å²) in [5.41, 5.74) is 2.97. The number of hydrogen-bond acceptors (Lipinski definition) is 4. The van der Waals surface area contributed by atoms with Crippen LogP contribution >= 0.6 is 0 Å². The number of likely N-dealkylation sites (tertiary alicyclic amines) is 1. The van der Waals surface area contributed by atoms with Crippen molar-refractivity contribution < 1.29 is 9.53 Å². The summed E-state index contributed by atoms with van der Waals surface area (Å²) in [6.45, 7) is 3.80. The molecule has 0 aliphatic carbocycles. The van der Waals surface area contributed by atoms with Crippen molar-refractivity contribution in [1.29, 1.82) is 0 Å². The summed E-state index contributed by atoms with van der Waals surface area (Å²) < 4.78 is 5.41. The van der Waals surface area contributed by atoms with Gasteiger partial charge in [0, 0.05) is 55.2 Å². The van der Waals surface area contributed by atoms with Crippen LogP contribution < -0.4 is 9.64 Å². The van der Waals surface area contributed by atoms with E-state index in [1.807, 2.05) is 41.6 Å². The molecule has 1 aliphatic heterocycles. The number of benzene rings is 1. The predicted molar refractivity (Wildman–Crippen MR) is 115 cm³/mol. The van der Waals surface area contributed by atoms with Gasteiger partial charge < -0.3 is 19.5 Å². The van der Waals surface area contributed by atoms with Crippen molar-refractivity contribution in [2.45, 2.75) is 25.8 Å². The molecule has 1 aliphatic rings. The normalized spacial score (nSPS) is 19.3. The molecule has 2 aromatic heterocycles. The monoisotopic (exact) mass is 392 g/mol. The number of nitrogens with one attached hydrogen (secondary N) is 1. The zero-order valence-electron chi connectivity index (χ0n) is 17.3. The highest BCUT2D eigenvalue weighted by Gasteiger charge is 2.32. The van der Waals surface area contributed by atoms with E-state index in [1.54, 1.807) is 7.11 Å². The summed E-state index contributed by atoms with van der Waals surface area (Å²) in [7, 11) is 3.77. The van der Waals surface area contributed by atoms with Crippen molar-refractivity contribution in [3.8, 4) is 5.75 Å². The van der Waals surface area contributed by atoms with Crippen LogP contribution in [0.3, 0.4) is 0 Å². The highest BCUT2D eigenvalue weighted by molar-refractivity contribution is 5.89. The van der Waals surface area contributed by atoms with Gasteiger partial charge in [0.15, 0.2) is 0 Å². The van der Waals surface area contributed by atoms with E-state index in [0.29, 0.717) is 12.3 Å². The molecular formula is C23H28N4O2. The van der Waals surface area contributed by atoms with Crippen molar-refractivity contribution in [2.24, 2.45) is 5.92 Å². The number of anilines is 1. The Kier molecular flexibility index (Phi) is 5.43. The lowest BCUT2D eigenvalue weighted by molar-refractivity contribution is -0.132. The minimum absolute atomic E-state index is 0.154. The van der Waals surface area contributed by atoms with Crippen LogP contribution in [0.15, 0.2) is 48.8 Å². The van der Waals surface area contributed by atoms with E-state index in [0.717, 1.165) is 47.5 Å². The summed E-state index contributed by atoms with van der Waals surface area (Å²) in [6.07, 6.45) is 5.12. The number of carbonyl (C=O) groups excluding carboxylic acids is 1. The van der Waals surface area contributed by atoms with Crippen LogP contribution in [0.25, 0.3) is 11.0 Å². The standard InChI is InChI=1S/C23H28N4O2/c1-16-10-13-27(22(28)14-17-6-4-5-7-21(17)29-3)15-20(16)26(2)19-9-12-25-23-18(19)8-11-24-23/h4-9,11-12,16,20H,10,13-15H2,1-3H3,(H,24,25)/t16-,20?/m1/s1. The second-order valence-electron chi connectivity index (χ2n) is 7.84. The van der Waals surface area contributed by atoms with Crippen LogP contribution in [0, 0.1) is 5.92 Å². The van der Waals surface area contributed by atoms with Gasteiger partial charge in [-0.1, -0.05) is 25.1 Å². The maximum atomic E-state index is 13.1. The SMILES string of the molecule is COc1ccccc1CC(=O)N1CC[C@@H](C)C(N(C)c2ccnc3[nH]ccc23)C1. The minimum atomic E-state index is 0.154. The van der Waals surface area contributed by atoms with Gasteiger partial charge >= 0.3 is 0 Å². The Morgan fingerprint density at radius 3 is 2.97 bits per heavy atom. The van der Waals surface area contributed by atoms with Gasteiger partial charge in [0.05, 0.1) is 13.5 Å². The fraction of sp³-hybridized carbons (Fsp3) is 0.391. The van der Waals surface area contributed by atoms with E-state index in [2.05, 4.69) is 41.0 Å². The summed E-state index contributed by atoms with van der Waals surface area (Å²) in [4.78, 5) is 24.9. The van der Waals surface area contributed by atoms with Crippen molar-refractivity contribution in [2.75, 3.05) is 32.1 Å². The lowest BCUT2D eigenvalue weighted by atomic mass is 9.91. The first kappa shape index (κ1) is 19.3. The summed E-state index contributed by atoms with van der Waals surface area (Å²) >= 11 is 0. The third-order valence-corrected chi connectivity index (χ3v) is 6.12. The lowest BCUT2D eigenvalue weighted by Crippen LogP contribution is -2.53. The van der Waals surface area contributed by atoms with E-state index >= 15 is 0 Å². The zero-order chi connectivity index (χ0) is 20.4. The third-order valence-electron chi connectivity index (χ3n) is 6.12. The summed E-state index contributed by atoms with van der Waals surface area (Å²) in [5.74, 6) is 1.42. The van der Waals surface area contributed by atoms with Crippen LogP contribution in [-0.2, 0) is 11.2 Å². The number of likely N-dealkylation sites (N-methyl/N-ethyl adjacent to an activating group) is 1. The Morgan fingerprint density at radius 2 is 2.14 bits per heavy atom. The molecule has 3 aromatic rings. The molecule has 29 heavy (non-hydrogen) atoms. The van der Waals surface area contributed by atoms with Gasteiger partial charge in [0.1, 0.15) is 11.4 Å². The number of nitrogens with zero attached hydrogens (tertiary/aromatic N) is 3. The number of amides is 1. The van der Waals surface area contributed by atoms with Gasteiger partial charge in [-0.3, -0.25) is 4.79 Å². The number of piperidine rings is 1. The molecule has 6 nitrogen and oxygen atoms in total. The number of hydrogen-bond donors (Lipinski definition) is 1. The molecule has 0 bridgehead atoms. The molecule has 2 atom stereocenters. The topological polar surface area (TPSA) is 61.5 Å². The van der Waals surface area contributed by atoms with E-state index in [4.69, 9.17) is 4.74 Å². The van der Waals surface area contributed by atoms with E-state index in [9.17, 15) is 4.79 Å². The number of pyridine rings is 1. The lowest BCUT2D eigenvalue weighted by Gasteiger charge is -2.42. The second-order valence-corrected chi connectivity index (χ2v) is 7.84. The Balaban J connectivity index is 1.52. The Bertz CT molecular complexity index is 999. The van der Waals surface area contributed by atoms with Crippen molar-refractivity contribution >= 4 is 22.6 Å². The number of para-hydroxylation sites is 1. The molecule has 3 heterocycles.